The second-order valence-corrected chi connectivity index (χ2v) is 5.74. The molecule has 0 spiro atoms. The summed E-state index contributed by atoms with van der Waals surface area (Å²) in [6.07, 6.45) is 9.88. The number of hydrogen-bond acceptors (Lipinski definition) is 5. The van der Waals surface area contributed by atoms with Gasteiger partial charge in [0.25, 0.3) is 0 Å². The number of ether oxygens (including phenoxy) is 2. The minimum absolute atomic E-state index is 0.0508. The highest BCUT2D eigenvalue weighted by Crippen LogP contribution is 2.08. The highest BCUT2D eigenvalue weighted by Gasteiger charge is 2.03. The second kappa shape index (κ2) is 18.8. The first-order chi connectivity index (χ1) is 10.8. The molecular formula is C17H37NO4. The molecule has 0 saturated heterocycles. The maximum absolute atomic E-state index is 9.71. The summed E-state index contributed by atoms with van der Waals surface area (Å²) in [7, 11) is 0. The third kappa shape index (κ3) is 17.9. The lowest BCUT2D eigenvalue weighted by Crippen LogP contribution is -2.32. The van der Waals surface area contributed by atoms with E-state index in [-0.39, 0.29) is 6.61 Å². The van der Waals surface area contributed by atoms with Crippen LogP contribution in [0, 0.1) is 0 Å². The molecule has 134 valence electrons. The maximum Gasteiger partial charge on any atom is 0.0897 e. The molecule has 22 heavy (non-hydrogen) atoms. The fourth-order valence-electron chi connectivity index (χ4n) is 2.20. The Morgan fingerprint density at radius 3 is 2.23 bits per heavy atom. The van der Waals surface area contributed by atoms with Crippen LogP contribution in [0.2, 0.25) is 0 Å². The zero-order valence-electron chi connectivity index (χ0n) is 14.4. The number of aliphatic hydroxyl groups is 2. The molecule has 0 aliphatic carbocycles. The number of aliphatic hydroxyl groups excluding tert-OH is 2. The van der Waals surface area contributed by atoms with E-state index in [9.17, 15) is 5.11 Å². The van der Waals surface area contributed by atoms with Crippen LogP contribution in [0.5, 0.6) is 0 Å². The first-order valence-electron chi connectivity index (χ1n) is 8.96. The molecule has 0 aliphatic heterocycles. The van der Waals surface area contributed by atoms with Crippen molar-refractivity contribution in [1.29, 1.82) is 0 Å². The molecule has 0 aliphatic rings. The van der Waals surface area contributed by atoms with E-state index < -0.39 is 6.10 Å². The van der Waals surface area contributed by atoms with Crippen LogP contribution in [0.3, 0.4) is 0 Å². The quantitative estimate of drug-likeness (QED) is 0.338. The van der Waals surface area contributed by atoms with Crippen molar-refractivity contribution in [2.45, 2.75) is 64.4 Å². The van der Waals surface area contributed by atoms with Gasteiger partial charge in [-0.3, -0.25) is 0 Å². The summed E-state index contributed by atoms with van der Waals surface area (Å²) < 4.78 is 10.6. The summed E-state index contributed by atoms with van der Waals surface area (Å²) in [5.41, 5.74) is 0. The molecule has 5 heteroatoms. The van der Waals surface area contributed by atoms with E-state index >= 15 is 0 Å². The van der Waals surface area contributed by atoms with Gasteiger partial charge in [0, 0.05) is 19.7 Å². The number of rotatable bonds is 18. The molecule has 0 heterocycles. The second-order valence-electron chi connectivity index (χ2n) is 5.74. The highest BCUT2D eigenvalue weighted by atomic mass is 16.5. The first-order valence-corrected chi connectivity index (χ1v) is 8.96. The van der Waals surface area contributed by atoms with Crippen molar-refractivity contribution >= 4 is 0 Å². The van der Waals surface area contributed by atoms with E-state index in [1.165, 1.54) is 44.9 Å². The fourth-order valence-corrected chi connectivity index (χ4v) is 2.20. The van der Waals surface area contributed by atoms with Crippen LogP contribution >= 0.6 is 0 Å². The summed E-state index contributed by atoms with van der Waals surface area (Å²) in [5.74, 6) is 0. The van der Waals surface area contributed by atoms with Gasteiger partial charge in [0.1, 0.15) is 0 Å². The van der Waals surface area contributed by atoms with Gasteiger partial charge in [-0.25, -0.2) is 0 Å². The van der Waals surface area contributed by atoms with Crippen molar-refractivity contribution in [1.82, 2.24) is 5.32 Å². The number of hydrogen-bond donors (Lipinski definition) is 3. The Labute approximate surface area is 136 Å². The molecule has 0 aromatic heterocycles. The molecule has 0 aromatic rings. The van der Waals surface area contributed by atoms with Gasteiger partial charge in [-0.1, -0.05) is 51.9 Å². The summed E-state index contributed by atoms with van der Waals surface area (Å²) in [4.78, 5) is 0. The lowest BCUT2D eigenvalue weighted by molar-refractivity contribution is 0.0336. The molecule has 0 aromatic carbocycles. The Morgan fingerprint density at radius 1 is 0.864 bits per heavy atom. The lowest BCUT2D eigenvalue weighted by atomic mass is 10.1. The van der Waals surface area contributed by atoms with Crippen molar-refractivity contribution in [2.24, 2.45) is 0 Å². The standard InChI is InChI=1S/C17H37NO4/c1-2-3-4-5-6-7-8-9-12-22-16-17(20)15-18-10-13-21-14-11-19/h17-20H,2-16H2,1H3. The van der Waals surface area contributed by atoms with Crippen LogP contribution in [0.15, 0.2) is 0 Å². The third-order valence-corrected chi connectivity index (χ3v) is 3.49. The molecule has 0 radical (unpaired) electrons. The minimum atomic E-state index is -0.466. The molecule has 3 N–H and O–H groups in total. The van der Waals surface area contributed by atoms with Crippen molar-refractivity contribution < 1.29 is 19.7 Å². The molecule has 5 nitrogen and oxygen atoms in total. The number of nitrogens with one attached hydrogen (secondary N) is 1. The predicted molar refractivity (Wildman–Crippen MR) is 90.2 cm³/mol. The zero-order chi connectivity index (χ0) is 16.3. The van der Waals surface area contributed by atoms with Crippen LogP contribution in [-0.2, 0) is 9.47 Å². The van der Waals surface area contributed by atoms with Gasteiger partial charge in [0.2, 0.25) is 0 Å². The Kier molecular flexibility index (Phi) is 18.7. The Bertz CT molecular complexity index is 205. The molecule has 0 amide bonds. The van der Waals surface area contributed by atoms with E-state index in [1.54, 1.807) is 0 Å². The van der Waals surface area contributed by atoms with Gasteiger partial charge in [-0.05, 0) is 6.42 Å². The smallest absolute Gasteiger partial charge is 0.0897 e. The van der Waals surface area contributed by atoms with Gasteiger partial charge in [-0.2, -0.15) is 0 Å². The maximum atomic E-state index is 9.71. The molecule has 1 unspecified atom stereocenters. The third-order valence-electron chi connectivity index (χ3n) is 3.49. The molecule has 0 saturated carbocycles. The van der Waals surface area contributed by atoms with E-state index in [4.69, 9.17) is 14.6 Å². The summed E-state index contributed by atoms with van der Waals surface area (Å²) in [5, 5.41) is 21.3. The Hall–Kier alpha value is -0.200. The first kappa shape index (κ1) is 21.8. The van der Waals surface area contributed by atoms with Crippen molar-refractivity contribution in [2.75, 3.05) is 46.1 Å². The molecule has 0 fully saturated rings. The van der Waals surface area contributed by atoms with Crippen LogP contribution in [0.25, 0.3) is 0 Å². The summed E-state index contributed by atoms with van der Waals surface area (Å²) >= 11 is 0. The van der Waals surface area contributed by atoms with Crippen molar-refractivity contribution in [3.05, 3.63) is 0 Å². The SMILES string of the molecule is CCCCCCCCCCOCC(O)CNCCOCCO. The molecule has 0 bridgehead atoms. The van der Waals surface area contributed by atoms with Crippen molar-refractivity contribution in [3.8, 4) is 0 Å². The van der Waals surface area contributed by atoms with Crippen molar-refractivity contribution in [3.63, 3.8) is 0 Å². The zero-order valence-corrected chi connectivity index (χ0v) is 14.4. The minimum Gasteiger partial charge on any atom is -0.394 e. The summed E-state index contributed by atoms with van der Waals surface area (Å²) in [6, 6.07) is 0. The van der Waals surface area contributed by atoms with Gasteiger partial charge in [0.05, 0.1) is 32.5 Å². The molecule has 1 atom stereocenters. The van der Waals surface area contributed by atoms with Crippen LogP contribution in [-0.4, -0.2) is 62.4 Å². The average molecular weight is 319 g/mol. The fraction of sp³-hybridized carbons (Fsp3) is 1.00. The van der Waals surface area contributed by atoms with E-state index in [0.717, 1.165) is 13.0 Å². The van der Waals surface area contributed by atoms with Gasteiger partial charge in [-0.15, -0.1) is 0 Å². The summed E-state index contributed by atoms with van der Waals surface area (Å²) in [6.45, 7) is 5.53. The van der Waals surface area contributed by atoms with Crippen LogP contribution in [0.4, 0.5) is 0 Å². The Balaban J connectivity index is 3.10. The normalized spacial score (nSPS) is 12.7. The molecule has 0 rings (SSSR count). The molecular weight excluding hydrogens is 282 g/mol. The predicted octanol–water partition coefficient (Wildman–Crippen LogP) is 2.10. The average Bonchev–Trinajstić information content (AvgIpc) is 2.52. The largest absolute Gasteiger partial charge is 0.394 e. The van der Waals surface area contributed by atoms with Gasteiger partial charge in [0.15, 0.2) is 0 Å². The topological polar surface area (TPSA) is 71.0 Å². The van der Waals surface area contributed by atoms with E-state index in [1.807, 2.05) is 0 Å². The number of unbranched alkanes of at least 4 members (excludes halogenated alkanes) is 7. The van der Waals surface area contributed by atoms with E-state index in [2.05, 4.69) is 12.2 Å². The Morgan fingerprint density at radius 2 is 1.55 bits per heavy atom. The lowest BCUT2D eigenvalue weighted by Gasteiger charge is -2.12. The highest BCUT2D eigenvalue weighted by molar-refractivity contribution is 4.58. The van der Waals surface area contributed by atoms with Crippen LogP contribution < -0.4 is 5.32 Å². The van der Waals surface area contributed by atoms with Gasteiger partial charge < -0.3 is 25.0 Å². The van der Waals surface area contributed by atoms with Crippen LogP contribution in [0.1, 0.15) is 58.3 Å². The van der Waals surface area contributed by atoms with Gasteiger partial charge >= 0.3 is 0 Å². The monoisotopic (exact) mass is 319 g/mol. The van der Waals surface area contributed by atoms with E-state index in [0.29, 0.717) is 32.9 Å².